The fraction of sp³-hybridized carbons (Fsp3) is 0.435. The number of hydrogen-bond donors (Lipinski definition) is 1. The van der Waals surface area contributed by atoms with Crippen LogP contribution in [0.15, 0.2) is 97.1 Å². The molecule has 2 aliphatic rings. The number of benzene rings is 4. The molecule has 4 aromatic rings. The van der Waals surface area contributed by atoms with Crippen molar-refractivity contribution in [2.24, 2.45) is 5.92 Å². The van der Waals surface area contributed by atoms with E-state index in [0.717, 1.165) is 54.9 Å². The molecule has 0 aromatic heterocycles. The van der Waals surface area contributed by atoms with Gasteiger partial charge in [-0.2, -0.15) is 0 Å². The highest BCUT2D eigenvalue weighted by atomic mass is 32.2. The summed E-state index contributed by atoms with van der Waals surface area (Å²) >= 11 is 0. The number of nitrogens with one attached hydrogen (secondary N) is 1. The smallest absolute Gasteiger partial charge is 0.273 e. The van der Waals surface area contributed by atoms with Gasteiger partial charge in [-0.1, -0.05) is 86.3 Å². The maximum absolute atomic E-state index is 13.3. The molecule has 4 aromatic carbocycles. The van der Waals surface area contributed by atoms with E-state index in [1.165, 1.54) is 44.6 Å². The zero-order valence-electron chi connectivity index (χ0n) is 35.4. The average molecular weight is 842 g/mol. The summed E-state index contributed by atoms with van der Waals surface area (Å²) in [5, 5.41) is 11.3. The van der Waals surface area contributed by atoms with Gasteiger partial charge in [0.15, 0.2) is 0 Å². The van der Waals surface area contributed by atoms with Crippen molar-refractivity contribution in [2.45, 2.75) is 69.9 Å². The molecule has 0 radical (unpaired) electrons. The van der Waals surface area contributed by atoms with Crippen LogP contribution in [-0.2, 0) is 32.5 Å². The first-order chi connectivity index (χ1) is 28.8. The molecule has 0 spiro atoms. The number of hydrogen-bond acceptors (Lipinski definition) is 9. The van der Waals surface area contributed by atoms with Crippen LogP contribution >= 0.6 is 0 Å². The third-order valence-corrected chi connectivity index (χ3v) is 12.1. The minimum Gasteiger partial charge on any atom is -0.497 e. The van der Waals surface area contributed by atoms with Crippen molar-refractivity contribution < 1.29 is 32.4 Å². The number of nitro benzene ring substituents is 1. The highest BCUT2D eigenvalue weighted by molar-refractivity contribution is 7.92. The van der Waals surface area contributed by atoms with Gasteiger partial charge in [-0.05, 0) is 85.3 Å². The Labute approximate surface area is 354 Å². The Morgan fingerprint density at radius 2 is 1.28 bits per heavy atom. The third kappa shape index (κ3) is 13.0. The van der Waals surface area contributed by atoms with Crippen LogP contribution in [0.4, 0.5) is 11.4 Å². The van der Waals surface area contributed by atoms with Gasteiger partial charge in [0.2, 0.25) is 21.8 Å². The number of amides is 2. The molecule has 6 rings (SSSR count). The van der Waals surface area contributed by atoms with Gasteiger partial charge in [-0.15, -0.1) is 0 Å². The van der Waals surface area contributed by atoms with E-state index in [1.54, 1.807) is 62.6 Å². The Morgan fingerprint density at radius 1 is 0.767 bits per heavy atom. The van der Waals surface area contributed by atoms with Gasteiger partial charge in [-0.25, -0.2) is 8.42 Å². The zero-order chi connectivity index (χ0) is 43.2. The maximum Gasteiger partial charge on any atom is 0.273 e. The number of sulfonamides is 1. The number of nitrogens with zero attached hydrogens (tertiary/aromatic N) is 4. The minimum atomic E-state index is -3.43. The van der Waals surface area contributed by atoms with Gasteiger partial charge < -0.3 is 24.2 Å². The second-order valence-electron chi connectivity index (χ2n) is 15.8. The Kier molecular flexibility index (Phi) is 16.5. The summed E-state index contributed by atoms with van der Waals surface area (Å²) in [6.07, 6.45) is 9.37. The van der Waals surface area contributed by atoms with E-state index in [4.69, 9.17) is 9.47 Å². The summed E-state index contributed by atoms with van der Waals surface area (Å²) in [7, 11) is 3.46. The van der Waals surface area contributed by atoms with Crippen LogP contribution in [0.1, 0.15) is 79.3 Å². The van der Waals surface area contributed by atoms with Gasteiger partial charge in [0.1, 0.15) is 11.5 Å². The molecule has 2 fully saturated rings. The number of likely N-dealkylation sites (N-methyl/N-ethyl adjacent to an activating group) is 2. The number of rotatable bonds is 17. The van der Waals surface area contributed by atoms with Crippen molar-refractivity contribution in [3.8, 4) is 11.5 Å². The maximum atomic E-state index is 13.3. The summed E-state index contributed by atoms with van der Waals surface area (Å²) in [5.41, 5.74) is 3.57. The molecular weight excluding hydrogens is 783 g/mol. The lowest BCUT2D eigenvalue weighted by Crippen LogP contribution is -2.39. The number of carbonyl (C=O) groups excluding carboxylic acids is 2. The summed E-state index contributed by atoms with van der Waals surface area (Å²) in [6.45, 7) is 2.77. The van der Waals surface area contributed by atoms with Crippen molar-refractivity contribution >= 4 is 33.2 Å². The first kappa shape index (κ1) is 45.6. The third-order valence-electron chi connectivity index (χ3n) is 11.5. The topological polar surface area (TPSA) is 152 Å². The predicted molar refractivity (Wildman–Crippen MR) is 235 cm³/mol. The van der Waals surface area contributed by atoms with E-state index in [2.05, 4.69) is 9.62 Å². The molecule has 1 N–H and O–H groups in total. The Balaban J connectivity index is 0.000000228. The van der Waals surface area contributed by atoms with Crippen LogP contribution < -0.4 is 14.2 Å². The van der Waals surface area contributed by atoms with Crippen molar-refractivity contribution in [2.75, 3.05) is 58.9 Å². The van der Waals surface area contributed by atoms with E-state index < -0.39 is 14.9 Å². The molecule has 14 heteroatoms. The van der Waals surface area contributed by atoms with E-state index in [-0.39, 0.29) is 42.4 Å². The van der Waals surface area contributed by atoms with Crippen molar-refractivity contribution in [3.05, 3.63) is 129 Å². The van der Waals surface area contributed by atoms with Gasteiger partial charge in [0.25, 0.3) is 5.69 Å². The fourth-order valence-corrected chi connectivity index (χ4v) is 8.77. The summed E-state index contributed by atoms with van der Waals surface area (Å²) in [6, 6.07) is 28.9. The molecule has 322 valence electrons. The van der Waals surface area contributed by atoms with Crippen LogP contribution in [0.5, 0.6) is 11.5 Å². The highest BCUT2D eigenvalue weighted by Gasteiger charge is 2.29. The molecule has 1 saturated heterocycles. The van der Waals surface area contributed by atoms with Gasteiger partial charge in [-0.3, -0.25) is 24.4 Å². The molecule has 1 heterocycles. The molecule has 2 unspecified atom stereocenters. The number of nitro groups is 1. The van der Waals surface area contributed by atoms with E-state index in [9.17, 15) is 28.1 Å². The molecule has 1 saturated carbocycles. The zero-order valence-corrected chi connectivity index (χ0v) is 36.2. The standard InChI is InChI=1S/C24H32N2O4S.C22H27N3O4/c1-26(24(27)17-19-11-6-7-14-22(19)25-31(3,28)29)23(15-18-9-4-5-10-18)20-12-8-13-21(16-20)30-2;1-23(22(26)15-18-8-3-4-11-20(18)25(27)28)21(16-24-12-5-6-13-24)17-9-7-10-19(14-17)29-2/h6-8,11-14,16,18,23,25H,4-5,9-10,15,17H2,1-3H3;3-4,7-11,14,21H,5-6,12-13,15-16H2,1-2H3. The number of para-hydroxylation sites is 2. The van der Waals surface area contributed by atoms with Gasteiger partial charge in [0.05, 0.1) is 56.0 Å². The number of methoxy groups -OCH3 is 2. The number of anilines is 1. The van der Waals surface area contributed by atoms with Crippen LogP contribution in [0.2, 0.25) is 0 Å². The summed E-state index contributed by atoms with van der Waals surface area (Å²) in [5.74, 6) is 1.93. The second-order valence-corrected chi connectivity index (χ2v) is 17.5. The molecular formula is C46H59N5O8S. The Bertz CT molecular complexity index is 2170. The van der Waals surface area contributed by atoms with Crippen LogP contribution in [0, 0.1) is 16.0 Å². The normalized spacial score (nSPS) is 15.3. The molecule has 13 nitrogen and oxygen atoms in total. The quantitative estimate of drug-likeness (QED) is 0.0829. The lowest BCUT2D eigenvalue weighted by Gasteiger charge is -2.32. The highest BCUT2D eigenvalue weighted by Crippen LogP contribution is 2.37. The molecule has 60 heavy (non-hydrogen) atoms. The fourth-order valence-electron chi connectivity index (χ4n) is 8.17. The molecule has 1 aliphatic carbocycles. The molecule has 0 bridgehead atoms. The molecule has 2 atom stereocenters. The number of ether oxygens (including phenoxy) is 2. The lowest BCUT2D eigenvalue weighted by molar-refractivity contribution is -0.385. The minimum absolute atomic E-state index is 0.00583. The Morgan fingerprint density at radius 3 is 1.85 bits per heavy atom. The largest absolute Gasteiger partial charge is 0.497 e. The summed E-state index contributed by atoms with van der Waals surface area (Å²) in [4.78, 5) is 43.1. The SMILES string of the molecule is COc1cccc(C(CC2CCCC2)N(C)C(=O)Cc2ccccc2NS(C)(=O)=O)c1.COc1cccc(C(CN2CCCC2)N(C)C(=O)Cc2ccccc2[N+](=O)[O-])c1. The van der Waals surface area contributed by atoms with E-state index in [1.807, 2.05) is 66.5 Å². The van der Waals surface area contributed by atoms with Crippen LogP contribution in [-0.4, -0.2) is 94.1 Å². The van der Waals surface area contributed by atoms with Gasteiger partial charge in [0, 0.05) is 32.3 Å². The molecule has 2 amide bonds. The monoisotopic (exact) mass is 841 g/mol. The summed E-state index contributed by atoms with van der Waals surface area (Å²) < 4.78 is 36.7. The average Bonchev–Trinajstić information content (AvgIpc) is 3.97. The van der Waals surface area contributed by atoms with Crippen LogP contribution in [0.3, 0.4) is 0 Å². The van der Waals surface area contributed by atoms with Gasteiger partial charge >= 0.3 is 0 Å². The first-order valence-corrected chi connectivity index (χ1v) is 22.4. The first-order valence-electron chi connectivity index (χ1n) is 20.6. The second kappa shape index (κ2) is 21.7. The number of carbonyl (C=O) groups is 2. The van der Waals surface area contributed by atoms with E-state index in [0.29, 0.717) is 22.7 Å². The Hall–Kier alpha value is -5.47. The van der Waals surface area contributed by atoms with Crippen molar-refractivity contribution in [1.82, 2.24) is 14.7 Å². The van der Waals surface area contributed by atoms with E-state index >= 15 is 0 Å². The lowest BCUT2D eigenvalue weighted by atomic mass is 9.92. The van der Waals surface area contributed by atoms with Crippen molar-refractivity contribution in [3.63, 3.8) is 0 Å². The number of likely N-dealkylation sites (tertiary alicyclic amines) is 1. The van der Waals surface area contributed by atoms with Crippen LogP contribution in [0.25, 0.3) is 0 Å². The molecule has 1 aliphatic heterocycles. The van der Waals surface area contributed by atoms with Crippen molar-refractivity contribution in [1.29, 1.82) is 0 Å². The predicted octanol–water partition coefficient (Wildman–Crippen LogP) is 7.83.